The minimum absolute atomic E-state index is 0.0503. The van der Waals surface area contributed by atoms with E-state index in [9.17, 15) is 14.0 Å². The number of rotatable bonds is 7. The molecule has 0 aliphatic carbocycles. The highest BCUT2D eigenvalue weighted by Gasteiger charge is 2.49. The first-order valence-corrected chi connectivity index (χ1v) is 9.28. The summed E-state index contributed by atoms with van der Waals surface area (Å²) < 4.78 is 13.3. The highest BCUT2D eigenvalue weighted by molar-refractivity contribution is 5.92. The minimum atomic E-state index is -1.01. The normalized spacial score (nSPS) is 20.5. The van der Waals surface area contributed by atoms with Crippen LogP contribution in [0.25, 0.3) is 0 Å². The third-order valence-electron chi connectivity index (χ3n) is 5.38. The van der Waals surface area contributed by atoms with Gasteiger partial charge in [0.05, 0.1) is 18.1 Å². The van der Waals surface area contributed by atoms with E-state index in [-0.39, 0.29) is 37.2 Å². The zero-order valence-electron chi connectivity index (χ0n) is 15.5. The van der Waals surface area contributed by atoms with Crippen LogP contribution >= 0.6 is 0 Å². The molecule has 4 nitrogen and oxygen atoms in total. The summed E-state index contributed by atoms with van der Waals surface area (Å²) in [6.45, 7) is 1.93. The Hall–Kier alpha value is -2.69. The van der Waals surface area contributed by atoms with Crippen LogP contribution in [0.15, 0.2) is 60.7 Å². The van der Waals surface area contributed by atoms with Crippen molar-refractivity contribution in [2.75, 3.05) is 13.2 Å². The van der Waals surface area contributed by atoms with Gasteiger partial charge in [0.15, 0.2) is 0 Å². The number of likely N-dealkylation sites (tertiary alicyclic amines) is 1. The fraction of sp³-hybridized carbons (Fsp3) is 0.364. The van der Waals surface area contributed by atoms with Crippen molar-refractivity contribution < 1.29 is 14.0 Å². The maximum absolute atomic E-state index is 13.3. The molecule has 0 spiro atoms. The van der Waals surface area contributed by atoms with Crippen molar-refractivity contribution in [2.24, 2.45) is 5.41 Å². The monoisotopic (exact) mass is 368 g/mol. The van der Waals surface area contributed by atoms with Crippen LogP contribution in [0.3, 0.4) is 0 Å². The van der Waals surface area contributed by atoms with E-state index in [2.05, 4.69) is 5.32 Å². The van der Waals surface area contributed by atoms with Gasteiger partial charge >= 0.3 is 0 Å². The van der Waals surface area contributed by atoms with E-state index in [1.54, 1.807) is 4.90 Å². The molecule has 2 aromatic carbocycles. The molecule has 2 unspecified atom stereocenters. The van der Waals surface area contributed by atoms with Gasteiger partial charge in [-0.1, -0.05) is 60.7 Å². The summed E-state index contributed by atoms with van der Waals surface area (Å²) in [4.78, 5) is 27.3. The van der Waals surface area contributed by atoms with Crippen molar-refractivity contribution in [2.45, 2.75) is 32.4 Å². The Labute approximate surface area is 159 Å². The standard InChI is InChI=1S/C22H25FN2O2/c1-17(19-10-6-3-7-11-19)25-16-22(12-13-23,14-20(25)26)21(27)24-15-18-8-4-2-5-9-18/h2-11,17H,12-16H2,1H3,(H,24,27). The van der Waals surface area contributed by atoms with E-state index in [1.165, 1.54) is 0 Å². The molecule has 3 rings (SSSR count). The van der Waals surface area contributed by atoms with Gasteiger partial charge < -0.3 is 10.2 Å². The molecular formula is C22H25FN2O2. The molecule has 5 heteroatoms. The molecule has 142 valence electrons. The Kier molecular flexibility index (Phi) is 5.89. The molecule has 2 aromatic rings. The summed E-state index contributed by atoms with van der Waals surface area (Å²) >= 11 is 0. The highest BCUT2D eigenvalue weighted by Crippen LogP contribution is 2.39. The average Bonchev–Trinajstić information content (AvgIpc) is 3.04. The topological polar surface area (TPSA) is 49.4 Å². The summed E-state index contributed by atoms with van der Waals surface area (Å²) in [5.74, 6) is -0.352. The first kappa shape index (κ1) is 19.1. The van der Waals surface area contributed by atoms with Gasteiger partial charge in [0.1, 0.15) is 0 Å². The zero-order valence-corrected chi connectivity index (χ0v) is 15.5. The fourth-order valence-corrected chi connectivity index (χ4v) is 3.71. The molecule has 2 atom stereocenters. The second-order valence-corrected chi connectivity index (χ2v) is 7.17. The SMILES string of the molecule is CC(c1ccccc1)N1CC(CCF)(C(=O)NCc2ccccc2)CC1=O. The van der Waals surface area contributed by atoms with Crippen LogP contribution in [-0.2, 0) is 16.1 Å². The summed E-state index contributed by atoms with van der Waals surface area (Å²) in [7, 11) is 0. The molecule has 1 aliphatic rings. The Morgan fingerprint density at radius 1 is 1.15 bits per heavy atom. The summed E-state index contributed by atoms with van der Waals surface area (Å²) in [6, 6.07) is 19.1. The summed E-state index contributed by atoms with van der Waals surface area (Å²) in [6.07, 6.45) is 0.103. The number of carbonyl (C=O) groups is 2. The van der Waals surface area contributed by atoms with Crippen molar-refractivity contribution in [1.29, 1.82) is 0 Å². The van der Waals surface area contributed by atoms with Crippen molar-refractivity contribution in [3.8, 4) is 0 Å². The van der Waals surface area contributed by atoms with Crippen LogP contribution in [0.2, 0.25) is 0 Å². The number of amides is 2. The van der Waals surface area contributed by atoms with Crippen LogP contribution in [0, 0.1) is 5.41 Å². The predicted molar refractivity (Wildman–Crippen MR) is 103 cm³/mol. The van der Waals surface area contributed by atoms with Gasteiger partial charge in [0, 0.05) is 19.5 Å². The molecule has 1 N–H and O–H groups in total. The van der Waals surface area contributed by atoms with Crippen LogP contribution in [0.4, 0.5) is 4.39 Å². The lowest BCUT2D eigenvalue weighted by molar-refractivity contribution is -0.133. The van der Waals surface area contributed by atoms with E-state index in [0.717, 1.165) is 11.1 Å². The molecule has 1 heterocycles. The Balaban J connectivity index is 1.74. The number of nitrogens with zero attached hydrogens (tertiary/aromatic N) is 1. The average molecular weight is 368 g/mol. The van der Waals surface area contributed by atoms with Crippen molar-refractivity contribution in [1.82, 2.24) is 10.2 Å². The number of benzene rings is 2. The van der Waals surface area contributed by atoms with Crippen molar-refractivity contribution in [3.05, 3.63) is 71.8 Å². The first-order valence-electron chi connectivity index (χ1n) is 9.28. The van der Waals surface area contributed by atoms with E-state index < -0.39 is 12.1 Å². The van der Waals surface area contributed by atoms with Crippen LogP contribution in [0.1, 0.15) is 36.9 Å². The first-order chi connectivity index (χ1) is 13.1. The smallest absolute Gasteiger partial charge is 0.228 e. The largest absolute Gasteiger partial charge is 0.351 e. The number of halogens is 1. The third-order valence-corrected chi connectivity index (χ3v) is 5.38. The predicted octanol–water partition coefficient (Wildman–Crippen LogP) is 3.64. The minimum Gasteiger partial charge on any atom is -0.351 e. The van der Waals surface area contributed by atoms with Gasteiger partial charge in [-0.2, -0.15) is 0 Å². The summed E-state index contributed by atoms with van der Waals surface area (Å²) in [5, 5.41) is 2.90. The summed E-state index contributed by atoms with van der Waals surface area (Å²) in [5.41, 5.74) is 0.968. The number of nitrogens with one attached hydrogen (secondary N) is 1. The Morgan fingerprint density at radius 3 is 2.41 bits per heavy atom. The molecule has 27 heavy (non-hydrogen) atoms. The Bertz CT molecular complexity index is 781. The van der Waals surface area contributed by atoms with Crippen LogP contribution in [0.5, 0.6) is 0 Å². The lowest BCUT2D eigenvalue weighted by Gasteiger charge is -2.29. The molecule has 0 saturated carbocycles. The van der Waals surface area contributed by atoms with Gasteiger partial charge in [-0.25, -0.2) is 0 Å². The van der Waals surface area contributed by atoms with Gasteiger partial charge in [0.25, 0.3) is 0 Å². The second kappa shape index (κ2) is 8.33. The second-order valence-electron chi connectivity index (χ2n) is 7.17. The lowest BCUT2D eigenvalue weighted by atomic mass is 9.82. The van der Waals surface area contributed by atoms with Gasteiger partial charge in [-0.05, 0) is 24.5 Å². The van der Waals surface area contributed by atoms with Crippen LogP contribution < -0.4 is 5.32 Å². The number of alkyl halides is 1. The molecule has 1 saturated heterocycles. The van der Waals surface area contributed by atoms with E-state index in [0.29, 0.717) is 6.54 Å². The quantitative estimate of drug-likeness (QED) is 0.811. The lowest BCUT2D eigenvalue weighted by Crippen LogP contribution is -2.43. The van der Waals surface area contributed by atoms with Crippen molar-refractivity contribution in [3.63, 3.8) is 0 Å². The fourth-order valence-electron chi connectivity index (χ4n) is 3.71. The highest BCUT2D eigenvalue weighted by atomic mass is 19.1. The third kappa shape index (κ3) is 4.18. The van der Waals surface area contributed by atoms with Gasteiger partial charge in [0.2, 0.25) is 11.8 Å². The Morgan fingerprint density at radius 2 is 1.78 bits per heavy atom. The molecule has 1 fully saturated rings. The number of carbonyl (C=O) groups excluding carboxylic acids is 2. The zero-order chi connectivity index (χ0) is 19.3. The maximum atomic E-state index is 13.3. The maximum Gasteiger partial charge on any atom is 0.228 e. The molecule has 0 aromatic heterocycles. The van der Waals surface area contributed by atoms with Gasteiger partial charge in [-0.3, -0.25) is 14.0 Å². The molecule has 0 radical (unpaired) electrons. The van der Waals surface area contributed by atoms with Crippen LogP contribution in [-0.4, -0.2) is 29.9 Å². The van der Waals surface area contributed by atoms with Gasteiger partial charge in [-0.15, -0.1) is 0 Å². The van der Waals surface area contributed by atoms with E-state index in [1.807, 2.05) is 67.6 Å². The van der Waals surface area contributed by atoms with Crippen molar-refractivity contribution >= 4 is 11.8 Å². The number of hydrogen-bond donors (Lipinski definition) is 1. The molecular weight excluding hydrogens is 343 g/mol. The molecule has 0 bridgehead atoms. The van der Waals surface area contributed by atoms with E-state index >= 15 is 0 Å². The van der Waals surface area contributed by atoms with E-state index in [4.69, 9.17) is 0 Å². The molecule has 2 amide bonds. The number of hydrogen-bond acceptors (Lipinski definition) is 2. The molecule has 1 aliphatic heterocycles.